The monoisotopic (exact) mass is 199 g/mol. The van der Waals surface area contributed by atoms with E-state index in [-0.39, 0.29) is 0 Å². The Hall–Kier alpha value is -1.77. The average Bonchev–Trinajstić information content (AvgIpc) is 2.29. The highest BCUT2D eigenvalue weighted by Crippen LogP contribution is 2.13. The number of aromatic nitrogens is 3. The fourth-order valence-electron chi connectivity index (χ4n) is 1.40. The minimum atomic E-state index is 0.847. The highest BCUT2D eigenvalue weighted by Gasteiger charge is 2.02. The van der Waals surface area contributed by atoms with Crippen molar-refractivity contribution >= 4 is 0 Å². The third-order valence-corrected chi connectivity index (χ3v) is 2.17. The van der Waals surface area contributed by atoms with Crippen LogP contribution < -0.4 is 0 Å². The van der Waals surface area contributed by atoms with E-state index < -0.39 is 0 Å². The first-order valence-corrected chi connectivity index (χ1v) is 5.05. The van der Waals surface area contributed by atoms with E-state index in [1.165, 1.54) is 0 Å². The second kappa shape index (κ2) is 4.17. The standard InChI is InChI=1S/C12H13N3/c1-3-12-13-8-7-11(15-12)10-6-4-5-9(2)14-10/h4-8H,3H2,1-2H3. The van der Waals surface area contributed by atoms with Gasteiger partial charge in [-0.3, -0.25) is 4.98 Å². The van der Waals surface area contributed by atoms with Crippen molar-refractivity contribution in [3.8, 4) is 11.4 Å². The fourth-order valence-corrected chi connectivity index (χ4v) is 1.40. The lowest BCUT2D eigenvalue weighted by atomic mass is 10.2. The van der Waals surface area contributed by atoms with Gasteiger partial charge in [0.05, 0.1) is 11.4 Å². The SMILES string of the molecule is CCc1nccc(-c2cccc(C)n2)n1. The average molecular weight is 199 g/mol. The third kappa shape index (κ3) is 2.18. The summed E-state index contributed by atoms with van der Waals surface area (Å²) in [5.74, 6) is 0.857. The van der Waals surface area contributed by atoms with Gasteiger partial charge < -0.3 is 0 Å². The van der Waals surface area contributed by atoms with Gasteiger partial charge in [-0.2, -0.15) is 0 Å². The largest absolute Gasteiger partial charge is 0.251 e. The molecule has 0 aliphatic heterocycles. The van der Waals surface area contributed by atoms with Crippen molar-refractivity contribution in [3.63, 3.8) is 0 Å². The molecule has 76 valence electrons. The molecule has 0 N–H and O–H groups in total. The Morgan fingerprint density at radius 2 is 1.87 bits per heavy atom. The highest BCUT2D eigenvalue weighted by molar-refractivity contribution is 5.53. The van der Waals surface area contributed by atoms with Crippen LogP contribution in [0.25, 0.3) is 11.4 Å². The second-order valence-electron chi connectivity index (χ2n) is 3.38. The molecule has 0 amide bonds. The van der Waals surface area contributed by atoms with E-state index >= 15 is 0 Å². The molecule has 0 spiro atoms. The molecule has 0 aliphatic rings. The summed E-state index contributed by atoms with van der Waals surface area (Å²) < 4.78 is 0. The summed E-state index contributed by atoms with van der Waals surface area (Å²) in [5.41, 5.74) is 2.81. The van der Waals surface area contributed by atoms with Gasteiger partial charge >= 0.3 is 0 Å². The van der Waals surface area contributed by atoms with Crippen LogP contribution in [0.15, 0.2) is 30.5 Å². The van der Waals surface area contributed by atoms with Gasteiger partial charge in [0.15, 0.2) is 0 Å². The maximum absolute atomic E-state index is 4.43. The number of pyridine rings is 1. The van der Waals surface area contributed by atoms with Crippen molar-refractivity contribution < 1.29 is 0 Å². The molecule has 0 fully saturated rings. The number of nitrogens with zero attached hydrogens (tertiary/aromatic N) is 3. The van der Waals surface area contributed by atoms with Crippen LogP contribution >= 0.6 is 0 Å². The minimum absolute atomic E-state index is 0.847. The molecular formula is C12H13N3. The summed E-state index contributed by atoms with van der Waals surface area (Å²) in [5, 5.41) is 0. The van der Waals surface area contributed by atoms with Crippen molar-refractivity contribution in [2.75, 3.05) is 0 Å². The number of rotatable bonds is 2. The zero-order valence-corrected chi connectivity index (χ0v) is 8.94. The maximum atomic E-state index is 4.43. The van der Waals surface area contributed by atoms with Gasteiger partial charge in [-0.25, -0.2) is 9.97 Å². The summed E-state index contributed by atoms with van der Waals surface area (Å²) in [4.78, 5) is 13.0. The molecule has 0 unspecified atom stereocenters. The summed E-state index contributed by atoms with van der Waals surface area (Å²) in [6.07, 6.45) is 2.63. The first kappa shape index (κ1) is 9.77. The lowest BCUT2D eigenvalue weighted by molar-refractivity contribution is 0.939. The van der Waals surface area contributed by atoms with Crippen molar-refractivity contribution in [3.05, 3.63) is 42.0 Å². The molecule has 0 aromatic carbocycles. The molecule has 2 aromatic heterocycles. The van der Waals surface area contributed by atoms with Crippen LogP contribution in [0.2, 0.25) is 0 Å². The smallest absolute Gasteiger partial charge is 0.128 e. The van der Waals surface area contributed by atoms with E-state index in [9.17, 15) is 0 Å². The van der Waals surface area contributed by atoms with E-state index in [0.717, 1.165) is 29.3 Å². The molecule has 3 nitrogen and oxygen atoms in total. The first-order valence-electron chi connectivity index (χ1n) is 5.05. The molecule has 0 aliphatic carbocycles. The summed E-state index contributed by atoms with van der Waals surface area (Å²) in [6, 6.07) is 7.83. The highest BCUT2D eigenvalue weighted by atomic mass is 14.9. The fraction of sp³-hybridized carbons (Fsp3) is 0.250. The summed E-state index contributed by atoms with van der Waals surface area (Å²) >= 11 is 0. The van der Waals surface area contributed by atoms with Crippen molar-refractivity contribution in [2.45, 2.75) is 20.3 Å². The summed E-state index contributed by atoms with van der Waals surface area (Å²) in [6.45, 7) is 4.02. The topological polar surface area (TPSA) is 38.7 Å². The molecule has 0 saturated heterocycles. The van der Waals surface area contributed by atoms with Gasteiger partial charge in [0, 0.05) is 18.3 Å². The van der Waals surface area contributed by atoms with E-state index in [0.29, 0.717) is 0 Å². The molecule has 2 heterocycles. The molecule has 0 radical (unpaired) electrons. The Balaban J connectivity index is 2.44. The van der Waals surface area contributed by atoms with Crippen LogP contribution in [-0.4, -0.2) is 15.0 Å². The Kier molecular flexibility index (Phi) is 2.72. The van der Waals surface area contributed by atoms with Gasteiger partial charge in [0.1, 0.15) is 5.82 Å². The van der Waals surface area contributed by atoms with Gasteiger partial charge in [0.2, 0.25) is 0 Å². The van der Waals surface area contributed by atoms with Gasteiger partial charge in [0.25, 0.3) is 0 Å². The third-order valence-electron chi connectivity index (χ3n) is 2.17. The van der Waals surface area contributed by atoms with Crippen molar-refractivity contribution in [1.29, 1.82) is 0 Å². The Morgan fingerprint density at radius 3 is 2.60 bits per heavy atom. The number of hydrogen-bond donors (Lipinski definition) is 0. The van der Waals surface area contributed by atoms with Gasteiger partial charge in [-0.1, -0.05) is 13.0 Å². The molecular weight excluding hydrogens is 186 g/mol. The first-order chi connectivity index (χ1) is 7.29. The lowest BCUT2D eigenvalue weighted by Gasteiger charge is -2.02. The Morgan fingerprint density at radius 1 is 1.07 bits per heavy atom. The van der Waals surface area contributed by atoms with Crippen LogP contribution in [0.4, 0.5) is 0 Å². The van der Waals surface area contributed by atoms with Crippen LogP contribution in [0, 0.1) is 6.92 Å². The summed E-state index contributed by atoms with van der Waals surface area (Å²) in [7, 11) is 0. The second-order valence-corrected chi connectivity index (χ2v) is 3.38. The van der Waals surface area contributed by atoms with Crippen LogP contribution in [0.3, 0.4) is 0 Å². The molecule has 0 bridgehead atoms. The van der Waals surface area contributed by atoms with Gasteiger partial charge in [-0.05, 0) is 25.1 Å². The quantitative estimate of drug-likeness (QED) is 0.745. The molecule has 0 atom stereocenters. The molecule has 15 heavy (non-hydrogen) atoms. The van der Waals surface area contributed by atoms with Crippen molar-refractivity contribution in [1.82, 2.24) is 15.0 Å². The van der Waals surface area contributed by atoms with E-state index in [1.54, 1.807) is 6.20 Å². The number of aryl methyl sites for hydroxylation is 2. The predicted molar refractivity (Wildman–Crippen MR) is 59.4 cm³/mol. The Bertz CT molecular complexity index is 466. The normalized spacial score (nSPS) is 10.3. The zero-order valence-electron chi connectivity index (χ0n) is 8.94. The van der Waals surface area contributed by atoms with E-state index in [2.05, 4.69) is 15.0 Å². The minimum Gasteiger partial charge on any atom is -0.251 e. The van der Waals surface area contributed by atoms with Crippen LogP contribution in [0.5, 0.6) is 0 Å². The molecule has 2 rings (SSSR count). The van der Waals surface area contributed by atoms with Crippen LogP contribution in [-0.2, 0) is 6.42 Å². The Labute approximate surface area is 89.2 Å². The van der Waals surface area contributed by atoms with Crippen molar-refractivity contribution in [2.24, 2.45) is 0 Å². The van der Waals surface area contributed by atoms with Crippen LogP contribution in [0.1, 0.15) is 18.4 Å². The van der Waals surface area contributed by atoms with E-state index in [1.807, 2.05) is 38.1 Å². The lowest BCUT2D eigenvalue weighted by Crippen LogP contribution is -1.95. The van der Waals surface area contributed by atoms with E-state index in [4.69, 9.17) is 0 Å². The zero-order chi connectivity index (χ0) is 10.7. The molecule has 2 aromatic rings. The maximum Gasteiger partial charge on any atom is 0.128 e. The molecule has 0 saturated carbocycles. The predicted octanol–water partition coefficient (Wildman–Crippen LogP) is 2.41. The van der Waals surface area contributed by atoms with Gasteiger partial charge in [-0.15, -0.1) is 0 Å². The molecule has 3 heteroatoms. The number of hydrogen-bond acceptors (Lipinski definition) is 3.